The van der Waals surface area contributed by atoms with Gasteiger partial charge in [0.2, 0.25) is 5.95 Å². The number of hydrogen-bond donors (Lipinski definition) is 3. The lowest BCUT2D eigenvalue weighted by atomic mass is 9.80. The SMILES string of the molecule is CC(C)(CO)c1nn(C2CCC2)c2c1OCC1CC[C@@H]1Nc1nc(ncc1C(F)(F)F)N2. The fourth-order valence-corrected chi connectivity index (χ4v) is 4.27. The van der Waals surface area contributed by atoms with Crippen molar-refractivity contribution in [2.75, 3.05) is 23.8 Å². The van der Waals surface area contributed by atoms with Crippen LogP contribution in [-0.2, 0) is 11.6 Å². The van der Waals surface area contributed by atoms with Crippen LogP contribution in [0.3, 0.4) is 0 Å². The maximum absolute atomic E-state index is 13.6. The number of nitrogens with zero attached hydrogens (tertiary/aromatic N) is 4. The molecule has 2 aromatic heterocycles. The fraction of sp³-hybridized carbons (Fsp3) is 0.667. The predicted octanol–water partition coefficient (Wildman–Crippen LogP) is 4.01. The zero-order chi connectivity index (χ0) is 22.7. The number of halogens is 3. The normalized spacial score (nSPS) is 23.3. The van der Waals surface area contributed by atoms with Gasteiger partial charge in [0, 0.05) is 23.6 Å². The molecule has 1 unspecified atom stereocenters. The van der Waals surface area contributed by atoms with Crippen molar-refractivity contribution in [1.82, 2.24) is 19.7 Å². The number of aliphatic hydroxyl groups is 1. The molecule has 2 bridgehead atoms. The van der Waals surface area contributed by atoms with Crippen LogP contribution in [0.2, 0.25) is 0 Å². The lowest BCUT2D eigenvalue weighted by Gasteiger charge is -2.37. The van der Waals surface area contributed by atoms with Crippen LogP contribution in [0.1, 0.15) is 63.3 Å². The Labute approximate surface area is 183 Å². The van der Waals surface area contributed by atoms with E-state index in [1.54, 1.807) is 0 Å². The van der Waals surface area contributed by atoms with Crippen LogP contribution in [0.15, 0.2) is 6.20 Å². The third-order valence-electron chi connectivity index (χ3n) is 6.83. The summed E-state index contributed by atoms with van der Waals surface area (Å²) in [4.78, 5) is 8.14. The summed E-state index contributed by atoms with van der Waals surface area (Å²) < 4.78 is 48.8. The molecule has 2 aliphatic carbocycles. The number of ether oxygens (including phenoxy) is 1. The summed E-state index contributed by atoms with van der Waals surface area (Å²) in [5.74, 6) is 0.886. The van der Waals surface area contributed by atoms with Crippen molar-refractivity contribution < 1.29 is 23.0 Å². The largest absolute Gasteiger partial charge is 0.487 e. The zero-order valence-electron chi connectivity index (χ0n) is 18.0. The Morgan fingerprint density at radius 2 is 2.00 bits per heavy atom. The summed E-state index contributed by atoms with van der Waals surface area (Å²) in [5.41, 5.74) is -0.932. The molecule has 0 saturated heterocycles. The third-order valence-corrected chi connectivity index (χ3v) is 6.83. The topological polar surface area (TPSA) is 97.1 Å². The first kappa shape index (κ1) is 21.3. The van der Waals surface area contributed by atoms with E-state index in [1.165, 1.54) is 0 Å². The van der Waals surface area contributed by atoms with E-state index < -0.39 is 17.2 Å². The Bertz CT molecular complexity index is 1020. The van der Waals surface area contributed by atoms with E-state index in [-0.39, 0.29) is 36.4 Å². The highest BCUT2D eigenvalue weighted by molar-refractivity contribution is 5.63. The summed E-state index contributed by atoms with van der Waals surface area (Å²) in [6, 6.07) is -0.0203. The van der Waals surface area contributed by atoms with Gasteiger partial charge in [-0.25, -0.2) is 9.67 Å². The number of hydrogen-bond acceptors (Lipinski definition) is 7. The van der Waals surface area contributed by atoms with Crippen LogP contribution in [-0.4, -0.2) is 44.1 Å². The molecule has 0 spiro atoms. The molecule has 0 amide bonds. The lowest BCUT2D eigenvalue weighted by Crippen LogP contribution is -2.42. The molecule has 2 fully saturated rings. The van der Waals surface area contributed by atoms with Crippen molar-refractivity contribution in [3.05, 3.63) is 17.5 Å². The molecule has 174 valence electrons. The summed E-state index contributed by atoms with van der Waals surface area (Å²) in [6.45, 7) is 3.98. The first-order valence-electron chi connectivity index (χ1n) is 11.0. The van der Waals surface area contributed by atoms with Gasteiger partial charge in [0.25, 0.3) is 0 Å². The van der Waals surface area contributed by atoms with Gasteiger partial charge < -0.3 is 20.5 Å². The number of aliphatic hydroxyl groups excluding tert-OH is 1. The predicted molar refractivity (Wildman–Crippen MR) is 111 cm³/mol. The van der Waals surface area contributed by atoms with Crippen molar-refractivity contribution in [3.63, 3.8) is 0 Å². The molecule has 3 heterocycles. The van der Waals surface area contributed by atoms with E-state index in [0.717, 1.165) is 38.3 Å². The minimum Gasteiger partial charge on any atom is -0.487 e. The molecule has 0 radical (unpaired) electrons. The van der Waals surface area contributed by atoms with E-state index >= 15 is 0 Å². The Morgan fingerprint density at radius 1 is 1.22 bits per heavy atom. The number of fused-ring (bicyclic) bond motifs is 4. The van der Waals surface area contributed by atoms with Gasteiger partial charge in [0.1, 0.15) is 17.1 Å². The molecule has 8 nitrogen and oxygen atoms in total. The second kappa shape index (κ2) is 7.50. The minimum absolute atomic E-state index is 0.0388. The number of nitrogens with one attached hydrogen (secondary N) is 2. The summed E-state index contributed by atoms with van der Waals surface area (Å²) in [7, 11) is 0. The van der Waals surface area contributed by atoms with Crippen LogP contribution in [0.4, 0.5) is 30.8 Å². The number of alkyl halides is 3. The van der Waals surface area contributed by atoms with Crippen LogP contribution in [0.5, 0.6) is 5.75 Å². The summed E-state index contributed by atoms with van der Waals surface area (Å²) in [6.07, 6.45) is 0.796. The van der Waals surface area contributed by atoms with E-state index in [4.69, 9.17) is 9.84 Å². The second-order valence-electron chi connectivity index (χ2n) is 9.58. The first-order chi connectivity index (χ1) is 15.2. The molecule has 0 aromatic carbocycles. The Kier molecular flexibility index (Phi) is 4.99. The monoisotopic (exact) mass is 452 g/mol. The summed E-state index contributed by atoms with van der Waals surface area (Å²) >= 11 is 0. The molecule has 11 heteroatoms. The van der Waals surface area contributed by atoms with Gasteiger partial charge in [-0.1, -0.05) is 13.8 Å². The highest BCUT2D eigenvalue weighted by Crippen LogP contribution is 2.45. The molecule has 2 saturated carbocycles. The van der Waals surface area contributed by atoms with Crippen molar-refractivity contribution >= 4 is 17.6 Å². The standard InChI is InChI=1S/C21H27F3N6O2/c1-20(2,10-31)16-15-18(30(29-16)12-4-3-5-12)28-19-25-8-13(21(22,23)24)17(27-19)26-14-7-6-11(14)9-32-15/h8,11-12,14,31H,3-7,9-10H2,1-2H3,(H2,25,26,27,28)/t11?,14-/m0/s1. The van der Waals surface area contributed by atoms with Gasteiger partial charge in [-0.15, -0.1) is 0 Å². The highest BCUT2D eigenvalue weighted by Gasteiger charge is 2.41. The van der Waals surface area contributed by atoms with Crippen LogP contribution < -0.4 is 15.4 Å². The molecule has 3 aliphatic rings. The van der Waals surface area contributed by atoms with Crippen LogP contribution in [0, 0.1) is 5.92 Å². The zero-order valence-corrected chi connectivity index (χ0v) is 18.0. The highest BCUT2D eigenvalue weighted by atomic mass is 19.4. The summed E-state index contributed by atoms with van der Waals surface area (Å²) in [5, 5.41) is 20.9. The van der Waals surface area contributed by atoms with Crippen molar-refractivity contribution in [2.24, 2.45) is 5.92 Å². The molecule has 2 aromatic rings. The average Bonchev–Trinajstić information content (AvgIpc) is 3.01. The van der Waals surface area contributed by atoms with Gasteiger partial charge in [-0.3, -0.25) is 0 Å². The number of anilines is 3. The Hall–Kier alpha value is -2.56. The quantitative estimate of drug-likeness (QED) is 0.647. The van der Waals surface area contributed by atoms with Crippen LogP contribution in [0.25, 0.3) is 0 Å². The molecule has 3 N–H and O–H groups in total. The van der Waals surface area contributed by atoms with E-state index in [1.807, 2.05) is 18.5 Å². The Morgan fingerprint density at radius 3 is 2.59 bits per heavy atom. The maximum atomic E-state index is 13.6. The molecule has 5 rings (SSSR count). The maximum Gasteiger partial charge on any atom is 0.421 e. The fourth-order valence-electron chi connectivity index (χ4n) is 4.27. The number of aromatic nitrogens is 4. The Balaban J connectivity index is 1.65. The number of rotatable bonds is 3. The van der Waals surface area contributed by atoms with Crippen molar-refractivity contribution in [3.8, 4) is 5.75 Å². The lowest BCUT2D eigenvalue weighted by molar-refractivity contribution is -0.137. The second-order valence-corrected chi connectivity index (χ2v) is 9.58. The van der Waals surface area contributed by atoms with Gasteiger partial charge in [0.05, 0.1) is 19.3 Å². The van der Waals surface area contributed by atoms with E-state index in [9.17, 15) is 18.3 Å². The molecule has 1 aliphatic heterocycles. The van der Waals surface area contributed by atoms with Gasteiger partial charge in [-0.2, -0.15) is 23.3 Å². The van der Waals surface area contributed by atoms with Gasteiger partial charge in [-0.05, 0) is 32.1 Å². The smallest absolute Gasteiger partial charge is 0.421 e. The van der Waals surface area contributed by atoms with E-state index in [0.29, 0.717) is 23.9 Å². The molecule has 2 atom stereocenters. The average molecular weight is 452 g/mol. The van der Waals surface area contributed by atoms with E-state index in [2.05, 4.69) is 20.6 Å². The third kappa shape index (κ3) is 3.56. The molecular formula is C21H27F3N6O2. The van der Waals surface area contributed by atoms with Crippen LogP contribution >= 0.6 is 0 Å². The first-order valence-corrected chi connectivity index (χ1v) is 11.0. The van der Waals surface area contributed by atoms with Crippen molar-refractivity contribution in [2.45, 2.75) is 69.6 Å². The van der Waals surface area contributed by atoms with Gasteiger partial charge >= 0.3 is 6.18 Å². The minimum atomic E-state index is -4.56. The molecular weight excluding hydrogens is 425 g/mol. The van der Waals surface area contributed by atoms with Crippen molar-refractivity contribution in [1.29, 1.82) is 0 Å². The molecule has 32 heavy (non-hydrogen) atoms. The van der Waals surface area contributed by atoms with Gasteiger partial charge in [0.15, 0.2) is 11.6 Å².